The Balaban J connectivity index is 1.70. The lowest BCUT2D eigenvalue weighted by Crippen LogP contribution is -2.24. The molecule has 2 aliphatic rings. The van der Waals surface area contributed by atoms with Crippen LogP contribution in [-0.2, 0) is 11.2 Å². The van der Waals surface area contributed by atoms with Crippen molar-refractivity contribution in [3.05, 3.63) is 99.3 Å². The largest absolute Gasteiger partial charge is 0.494 e. The summed E-state index contributed by atoms with van der Waals surface area (Å²) in [6.45, 7) is 8.43. The highest BCUT2D eigenvalue weighted by molar-refractivity contribution is 6.36. The van der Waals surface area contributed by atoms with Gasteiger partial charge in [-0.3, -0.25) is 9.29 Å². The molecular weight excluding hydrogens is 506 g/mol. The molecule has 3 nitrogen and oxygen atoms in total. The summed E-state index contributed by atoms with van der Waals surface area (Å²) in [6, 6.07) is 11.8. The third kappa shape index (κ3) is 6.87. The fourth-order valence-electron chi connectivity index (χ4n) is 5.28. The van der Waals surface area contributed by atoms with Gasteiger partial charge in [-0.1, -0.05) is 54.1 Å². The molecule has 1 aliphatic carbocycles. The van der Waals surface area contributed by atoms with E-state index in [0.717, 1.165) is 79.0 Å². The molecule has 4 rings (SSSR count). The van der Waals surface area contributed by atoms with Crippen molar-refractivity contribution < 1.29 is 9.13 Å². The zero-order chi connectivity index (χ0) is 26.4. The molecule has 0 unspecified atom stereocenters. The van der Waals surface area contributed by atoms with E-state index in [0.29, 0.717) is 16.5 Å². The fraction of sp³-hybridized carbons (Fsp3) is 0.355. The van der Waals surface area contributed by atoms with Crippen LogP contribution < -0.4 is 5.73 Å². The van der Waals surface area contributed by atoms with E-state index >= 15 is 0 Å². The molecule has 2 aromatic rings. The quantitative estimate of drug-likeness (QED) is 0.197. The Hall–Kier alpha value is -2.53. The number of aryl methyl sites for hydroxylation is 1. The Bertz CT molecular complexity index is 1230. The van der Waals surface area contributed by atoms with Gasteiger partial charge in [0.15, 0.2) is 0 Å². The highest BCUT2D eigenvalue weighted by atomic mass is 35.5. The molecule has 0 bridgehead atoms. The number of alkyl halides is 1. The van der Waals surface area contributed by atoms with Gasteiger partial charge in [0.25, 0.3) is 0 Å². The Labute approximate surface area is 230 Å². The average Bonchev–Trinajstić information content (AvgIpc) is 3.23. The van der Waals surface area contributed by atoms with E-state index in [-0.39, 0.29) is 12.8 Å². The van der Waals surface area contributed by atoms with E-state index < -0.39 is 0 Å². The van der Waals surface area contributed by atoms with E-state index in [4.69, 9.17) is 33.7 Å². The van der Waals surface area contributed by atoms with Crippen LogP contribution in [-0.4, -0.2) is 37.3 Å². The number of anilines is 1. The van der Waals surface area contributed by atoms with Crippen molar-refractivity contribution >= 4 is 40.0 Å². The number of hydrogen-bond acceptors (Lipinski definition) is 3. The van der Waals surface area contributed by atoms with Crippen LogP contribution >= 0.6 is 23.2 Å². The van der Waals surface area contributed by atoms with Crippen LogP contribution in [0.1, 0.15) is 49.3 Å². The van der Waals surface area contributed by atoms with Crippen molar-refractivity contribution in [2.45, 2.75) is 45.1 Å². The number of benzene rings is 2. The second-order valence-corrected chi connectivity index (χ2v) is 10.6. The van der Waals surface area contributed by atoms with Gasteiger partial charge in [-0.15, -0.1) is 0 Å². The molecule has 0 aromatic heterocycles. The lowest BCUT2D eigenvalue weighted by molar-refractivity contribution is 0.121. The van der Waals surface area contributed by atoms with Crippen LogP contribution in [0.5, 0.6) is 0 Å². The molecule has 1 heterocycles. The third-order valence-corrected chi connectivity index (χ3v) is 7.57. The smallest absolute Gasteiger partial charge is 0.112 e. The third-order valence-electron chi connectivity index (χ3n) is 7.03. The van der Waals surface area contributed by atoms with Crippen LogP contribution in [0.2, 0.25) is 10.0 Å². The van der Waals surface area contributed by atoms with Gasteiger partial charge in [0.1, 0.15) is 6.10 Å². The molecular formula is C31H35Cl2FN2O. The Kier molecular flexibility index (Phi) is 9.53. The van der Waals surface area contributed by atoms with Crippen molar-refractivity contribution in [3.63, 3.8) is 0 Å². The van der Waals surface area contributed by atoms with Gasteiger partial charge < -0.3 is 10.5 Å². The zero-order valence-corrected chi connectivity index (χ0v) is 22.9. The number of allylic oxidation sites excluding steroid dienone is 7. The molecule has 1 aliphatic heterocycles. The molecule has 0 saturated carbocycles. The van der Waals surface area contributed by atoms with Crippen molar-refractivity contribution in [3.8, 4) is 0 Å². The van der Waals surface area contributed by atoms with E-state index in [1.807, 2.05) is 37.3 Å². The first-order valence-corrected chi connectivity index (χ1v) is 13.7. The SMILES string of the molecule is C=C/C(=C\C=C(/C)O[C@H]1CCN(CCCF)C1)C1=C(c2ccc(Cl)cc2Cl)CCCc2cc(N)ccc21. The Morgan fingerprint density at radius 2 is 1.97 bits per heavy atom. The Morgan fingerprint density at radius 1 is 1.16 bits per heavy atom. The van der Waals surface area contributed by atoms with E-state index in [1.54, 1.807) is 6.07 Å². The van der Waals surface area contributed by atoms with Gasteiger partial charge in [0, 0.05) is 35.4 Å². The number of likely N-dealkylation sites (tertiary alicyclic amines) is 1. The maximum Gasteiger partial charge on any atom is 0.112 e. The average molecular weight is 542 g/mol. The maximum atomic E-state index is 12.5. The molecule has 1 saturated heterocycles. The highest BCUT2D eigenvalue weighted by Gasteiger charge is 2.24. The van der Waals surface area contributed by atoms with Crippen molar-refractivity contribution in [2.75, 3.05) is 32.0 Å². The summed E-state index contributed by atoms with van der Waals surface area (Å²) in [5, 5.41) is 1.25. The van der Waals surface area contributed by atoms with Gasteiger partial charge in [0.05, 0.1) is 12.4 Å². The molecule has 0 spiro atoms. The van der Waals surface area contributed by atoms with Gasteiger partial charge in [-0.25, -0.2) is 0 Å². The van der Waals surface area contributed by atoms with Crippen LogP contribution in [0.4, 0.5) is 10.1 Å². The van der Waals surface area contributed by atoms with Gasteiger partial charge in [-0.05, 0) is 103 Å². The van der Waals surface area contributed by atoms with E-state index in [2.05, 4.69) is 29.7 Å². The van der Waals surface area contributed by atoms with E-state index in [1.165, 1.54) is 11.1 Å². The molecule has 37 heavy (non-hydrogen) atoms. The molecule has 1 fully saturated rings. The van der Waals surface area contributed by atoms with Gasteiger partial charge >= 0.3 is 0 Å². The number of nitrogens with two attached hydrogens (primary N) is 1. The molecule has 2 aromatic carbocycles. The number of fused-ring (bicyclic) bond motifs is 1. The summed E-state index contributed by atoms with van der Waals surface area (Å²) >= 11 is 12.9. The molecule has 1 atom stereocenters. The van der Waals surface area contributed by atoms with Crippen molar-refractivity contribution in [2.24, 2.45) is 0 Å². The molecule has 0 radical (unpaired) electrons. The first-order valence-electron chi connectivity index (χ1n) is 12.9. The minimum Gasteiger partial charge on any atom is -0.494 e. The Morgan fingerprint density at radius 3 is 2.73 bits per heavy atom. The standard InChI is InChI=1S/C31H35Cl2FN2O/c1-3-22(9-8-21(2)37-26-14-17-36(20-26)16-5-15-34)31-27-13-11-25(35)18-23(27)6-4-7-29(31)28-12-10-24(32)19-30(28)33/h3,8-13,18-19,26H,1,4-7,14-17,20,35H2,2H3/b21-8+,22-9+/t26-/m0/s1. The number of rotatable bonds is 9. The lowest BCUT2D eigenvalue weighted by atomic mass is 9.87. The minimum atomic E-state index is -0.273. The van der Waals surface area contributed by atoms with Crippen molar-refractivity contribution in [1.82, 2.24) is 4.90 Å². The summed E-state index contributed by atoms with van der Waals surface area (Å²) in [7, 11) is 0. The summed E-state index contributed by atoms with van der Waals surface area (Å²) in [5.74, 6) is 0.842. The number of nitrogen functional groups attached to an aromatic ring is 1. The van der Waals surface area contributed by atoms with Crippen molar-refractivity contribution in [1.29, 1.82) is 0 Å². The van der Waals surface area contributed by atoms with Crippen LogP contribution in [0.15, 0.2) is 72.5 Å². The fourth-order valence-corrected chi connectivity index (χ4v) is 5.81. The second-order valence-electron chi connectivity index (χ2n) is 9.72. The number of ether oxygens (including phenoxy) is 1. The molecule has 0 amide bonds. The summed E-state index contributed by atoms with van der Waals surface area (Å²) in [4.78, 5) is 2.27. The summed E-state index contributed by atoms with van der Waals surface area (Å²) in [6.07, 6.45) is 10.4. The predicted molar refractivity (Wildman–Crippen MR) is 156 cm³/mol. The molecule has 196 valence electrons. The zero-order valence-electron chi connectivity index (χ0n) is 21.4. The first kappa shape index (κ1) is 27.5. The van der Waals surface area contributed by atoms with E-state index in [9.17, 15) is 4.39 Å². The first-order chi connectivity index (χ1) is 17.9. The normalized spacial score (nSPS) is 19.1. The second kappa shape index (κ2) is 12.8. The number of halogens is 3. The van der Waals surface area contributed by atoms with Crippen LogP contribution in [0.3, 0.4) is 0 Å². The molecule has 2 N–H and O–H groups in total. The number of hydrogen-bond donors (Lipinski definition) is 1. The topological polar surface area (TPSA) is 38.5 Å². The monoisotopic (exact) mass is 540 g/mol. The minimum absolute atomic E-state index is 0.126. The maximum absolute atomic E-state index is 12.5. The van der Waals surface area contributed by atoms with Crippen LogP contribution in [0, 0.1) is 0 Å². The number of nitrogens with zero attached hydrogens (tertiary/aromatic N) is 1. The van der Waals surface area contributed by atoms with Gasteiger partial charge in [0.2, 0.25) is 0 Å². The van der Waals surface area contributed by atoms with Crippen LogP contribution in [0.25, 0.3) is 11.1 Å². The predicted octanol–water partition coefficient (Wildman–Crippen LogP) is 8.29. The van der Waals surface area contributed by atoms with Gasteiger partial charge in [-0.2, -0.15) is 0 Å². The molecule has 6 heteroatoms. The highest BCUT2D eigenvalue weighted by Crippen LogP contribution is 2.43. The lowest BCUT2D eigenvalue weighted by Gasteiger charge is -2.19. The summed E-state index contributed by atoms with van der Waals surface area (Å²) < 4.78 is 18.8. The summed E-state index contributed by atoms with van der Waals surface area (Å²) in [5.41, 5.74) is 13.5.